The predicted octanol–water partition coefficient (Wildman–Crippen LogP) is 4.79. The number of nitrogens with zero attached hydrogens (tertiary/aromatic N) is 3. The minimum Gasteiger partial charge on any atom is -0.336 e. The highest BCUT2D eigenvalue weighted by atomic mass is 16.2. The first kappa shape index (κ1) is 19.5. The molecule has 1 N–H and O–H groups in total. The van der Waals surface area contributed by atoms with Crippen molar-refractivity contribution >= 4 is 17.5 Å². The molecule has 0 saturated carbocycles. The van der Waals surface area contributed by atoms with E-state index in [1.54, 1.807) is 24.2 Å². The molecule has 1 heterocycles. The lowest BCUT2D eigenvalue weighted by atomic mass is 9.87. The van der Waals surface area contributed by atoms with Gasteiger partial charge < -0.3 is 10.2 Å². The molecule has 0 spiro atoms. The van der Waals surface area contributed by atoms with E-state index < -0.39 is 0 Å². The van der Waals surface area contributed by atoms with Crippen LogP contribution in [0.25, 0.3) is 0 Å². The second-order valence-corrected chi connectivity index (χ2v) is 7.86. The molecule has 0 aliphatic rings. The third kappa shape index (κ3) is 4.94. The van der Waals surface area contributed by atoms with Gasteiger partial charge in [-0.25, -0.2) is 9.97 Å². The zero-order valence-corrected chi connectivity index (χ0v) is 16.8. The van der Waals surface area contributed by atoms with Crippen molar-refractivity contribution in [2.75, 3.05) is 12.4 Å². The Morgan fingerprint density at radius 2 is 1.68 bits per heavy atom. The summed E-state index contributed by atoms with van der Waals surface area (Å²) in [6.45, 7) is 7.07. The van der Waals surface area contributed by atoms with E-state index in [0.717, 1.165) is 11.3 Å². The van der Waals surface area contributed by atoms with Crippen molar-refractivity contribution < 1.29 is 4.79 Å². The van der Waals surface area contributed by atoms with E-state index in [0.29, 0.717) is 18.2 Å². The smallest absolute Gasteiger partial charge is 0.272 e. The van der Waals surface area contributed by atoms with Crippen LogP contribution in [-0.2, 0) is 12.0 Å². The summed E-state index contributed by atoms with van der Waals surface area (Å²) >= 11 is 0. The number of carbonyl (C=O) groups excluding carboxylic acids is 1. The van der Waals surface area contributed by atoms with Gasteiger partial charge in [0.25, 0.3) is 5.91 Å². The molecule has 5 heteroatoms. The van der Waals surface area contributed by atoms with Gasteiger partial charge in [-0.1, -0.05) is 63.2 Å². The number of rotatable bonds is 5. The molecule has 0 unspecified atom stereocenters. The number of amides is 1. The second-order valence-electron chi connectivity index (χ2n) is 7.86. The molecular formula is C23H26N4O. The Bertz CT molecular complexity index is 931. The number of hydrogen-bond acceptors (Lipinski definition) is 4. The Labute approximate surface area is 166 Å². The fourth-order valence-corrected chi connectivity index (χ4v) is 2.85. The van der Waals surface area contributed by atoms with E-state index in [9.17, 15) is 4.79 Å². The standard InChI is InChI=1S/C23H26N4O/c1-23(2,3)18-10-12-19(13-11-18)25-22-24-15-14-20(26-22)21(28)27(4)16-17-8-6-5-7-9-17/h5-15H,16H2,1-4H3,(H,24,25,26). The second kappa shape index (κ2) is 8.21. The summed E-state index contributed by atoms with van der Waals surface area (Å²) in [6.07, 6.45) is 1.60. The van der Waals surface area contributed by atoms with Crippen LogP contribution in [-0.4, -0.2) is 27.8 Å². The molecule has 1 amide bonds. The molecule has 0 bridgehead atoms. The summed E-state index contributed by atoms with van der Waals surface area (Å²) < 4.78 is 0. The first-order valence-electron chi connectivity index (χ1n) is 9.33. The lowest BCUT2D eigenvalue weighted by molar-refractivity contribution is 0.0779. The van der Waals surface area contributed by atoms with E-state index in [2.05, 4.69) is 48.2 Å². The highest BCUT2D eigenvalue weighted by Gasteiger charge is 2.15. The number of anilines is 2. The molecule has 0 fully saturated rings. The van der Waals surface area contributed by atoms with Gasteiger partial charge in [-0.3, -0.25) is 4.79 Å². The van der Waals surface area contributed by atoms with Crippen molar-refractivity contribution in [3.8, 4) is 0 Å². The van der Waals surface area contributed by atoms with Crippen molar-refractivity contribution in [2.24, 2.45) is 0 Å². The van der Waals surface area contributed by atoms with Crippen LogP contribution in [0.3, 0.4) is 0 Å². The first-order valence-corrected chi connectivity index (χ1v) is 9.33. The minimum absolute atomic E-state index is 0.102. The Balaban J connectivity index is 1.70. The predicted molar refractivity (Wildman–Crippen MR) is 113 cm³/mol. The maximum Gasteiger partial charge on any atom is 0.272 e. The fourth-order valence-electron chi connectivity index (χ4n) is 2.85. The summed E-state index contributed by atoms with van der Waals surface area (Å²) in [6, 6.07) is 19.7. The monoisotopic (exact) mass is 374 g/mol. The molecule has 0 aliphatic carbocycles. The molecule has 144 valence electrons. The van der Waals surface area contributed by atoms with Gasteiger partial charge in [0.1, 0.15) is 5.69 Å². The summed E-state index contributed by atoms with van der Waals surface area (Å²) in [5.41, 5.74) is 3.68. The van der Waals surface area contributed by atoms with E-state index in [4.69, 9.17) is 0 Å². The van der Waals surface area contributed by atoms with Gasteiger partial charge >= 0.3 is 0 Å². The van der Waals surface area contributed by atoms with E-state index >= 15 is 0 Å². The van der Waals surface area contributed by atoms with Crippen molar-refractivity contribution in [1.82, 2.24) is 14.9 Å². The molecular weight excluding hydrogens is 348 g/mol. The molecule has 2 aromatic carbocycles. The van der Waals surface area contributed by atoms with E-state index in [1.165, 1.54) is 5.56 Å². The molecule has 1 aromatic heterocycles. The molecule has 0 radical (unpaired) electrons. The average Bonchev–Trinajstić information content (AvgIpc) is 2.68. The van der Waals surface area contributed by atoms with Gasteiger partial charge in [0.15, 0.2) is 0 Å². The van der Waals surface area contributed by atoms with Crippen LogP contribution < -0.4 is 5.32 Å². The molecule has 5 nitrogen and oxygen atoms in total. The Kier molecular flexibility index (Phi) is 5.73. The highest BCUT2D eigenvalue weighted by molar-refractivity contribution is 5.92. The summed E-state index contributed by atoms with van der Waals surface area (Å²) in [4.78, 5) is 23.0. The number of benzene rings is 2. The third-order valence-corrected chi connectivity index (χ3v) is 4.49. The highest BCUT2D eigenvalue weighted by Crippen LogP contribution is 2.24. The quantitative estimate of drug-likeness (QED) is 0.697. The number of carbonyl (C=O) groups is 1. The number of nitrogens with one attached hydrogen (secondary N) is 1. The Morgan fingerprint density at radius 1 is 1.00 bits per heavy atom. The van der Waals surface area contributed by atoms with Gasteiger partial charge in [-0.2, -0.15) is 0 Å². The van der Waals surface area contributed by atoms with Crippen molar-refractivity contribution in [1.29, 1.82) is 0 Å². The van der Waals surface area contributed by atoms with E-state index in [-0.39, 0.29) is 11.3 Å². The summed E-state index contributed by atoms with van der Waals surface area (Å²) in [5.74, 6) is 0.264. The molecule has 0 aliphatic heterocycles. The molecule has 28 heavy (non-hydrogen) atoms. The third-order valence-electron chi connectivity index (χ3n) is 4.49. The number of aromatic nitrogens is 2. The SMILES string of the molecule is CN(Cc1ccccc1)C(=O)c1ccnc(Nc2ccc(C(C)(C)C)cc2)n1. The largest absolute Gasteiger partial charge is 0.336 e. The maximum atomic E-state index is 12.7. The topological polar surface area (TPSA) is 58.1 Å². The van der Waals surface area contributed by atoms with Crippen LogP contribution in [0.2, 0.25) is 0 Å². The minimum atomic E-state index is -0.141. The molecule has 3 aromatic rings. The lowest BCUT2D eigenvalue weighted by Gasteiger charge is -2.19. The van der Waals surface area contributed by atoms with Crippen LogP contribution in [0.5, 0.6) is 0 Å². The lowest BCUT2D eigenvalue weighted by Crippen LogP contribution is -2.27. The van der Waals surface area contributed by atoms with Crippen molar-refractivity contribution in [3.05, 3.63) is 83.7 Å². The van der Waals surface area contributed by atoms with Gasteiger partial charge in [0.05, 0.1) is 0 Å². The zero-order chi connectivity index (χ0) is 20.1. The van der Waals surface area contributed by atoms with E-state index in [1.807, 2.05) is 42.5 Å². The van der Waals surface area contributed by atoms with Gasteiger partial charge in [-0.15, -0.1) is 0 Å². The van der Waals surface area contributed by atoms with Crippen LogP contribution in [0.4, 0.5) is 11.6 Å². The van der Waals surface area contributed by atoms with Crippen LogP contribution >= 0.6 is 0 Å². The molecule has 0 atom stereocenters. The van der Waals surface area contributed by atoms with Gasteiger partial charge in [0, 0.05) is 25.5 Å². The zero-order valence-electron chi connectivity index (χ0n) is 16.8. The normalized spacial score (nSPS) is 11.1. The van der Waals surface area contributed by atoms with Crippen LogP contribution in [0, 0.1) is 0 Å². The number of hydrogen-bond donors (Lipinski definition) is 1. The molecule has 3 rings (SSSR count). The maximum absolute atomic E-state index is 12.7. The Morgan fingerprint density at radius 3 is 2.32 bits per heavy atom. The summed E-state index contributed by atoms with van der Waals surface area (Å²) in [5, 5.41) is 3.17. The average molecular weight is 374 g/mol. The first-order chi connectivity index (χ1) is 13.3. The van der Waals surface area contributed by atoms with Gasteiger partial charge in [0.2, 0.25) is 5.95 Å². The van der Waals surface area contributed by atoms with Crippen LogP contribution in [0.1, 0.15) is 42.4 Å². The van der Waals surface area contributed by atoms with Crippen molar-refractivity contribution in [3.63, 3.8) is 0 Å². The molecule has 0 saturated heterocycles. The Hall–Kier alpha value is -3.21. The van der Waals surface area contributed by atoms with Crippen molar-refractivity contribution in [2.45, 2.75) is 32.7 Å². The van der Waals surface area contributed by atoms with Crippen LogP contribution in [0.15, 0.2) is 66.9 Å². The summed E-state index contributed by atoms with van der Waals surface area (Å²) in [7, 11) is 1.77. The van der Waals surface area contributed by atoms with Gasteiger partial charge in [-0.05, 0) is 34.7 Å². The fraction of sp³-hybridized carbons (Fsp3) is 0.261.